The quantitative estimate of drug-likeness (QED) is 0.793. The van der Waals surface area contributed by atoms with Crippen LogP contribution in [-0.4, -0.2) is 6.04 Å². The molecule has 2 rings (SSSR count). The van der Waals surface area contributed by atoms with Gasteiger partial charge in [-0.15, -0.1) is 0 Å². The largest absolute Gasteiger partial charge is 0.382 e. The smallest absolute Gasteiger partial charge is 0.126 e. The highest BCUT2D eigenvalue weighted by molar-refractivity contribution is 5.47. The lowest BCUT2D eigenvalue weighted by atomic mass is 10.1. The highest BCUT2D eigenvalue weighted by Crippen LogP contribution is 2.35. The van der Waals surface area contributed by atoms with Crippen LogP contribution in [0.4, 0.5) is 10.1 Å². The number of nitrogens with one attached hydrogen (secondary N) is 1. The van der Waals surface area contributed by atoms with Crippen LogP contribution in [0.25, 0.3) is 0 Å². The van der Waals surface area contributed by atoms with Gasteiger partial charge in [0.05, 0.1) is 0 Å². The molecule has 1 aliphatic carbocycles. The molecule has 15 heavy (non-hydrogen) atoms. The Balaban J connectivity index is 2.05. The molecular weight excluding hydrogens is 189 g/mol. The minimum Gasteiger partial charge on any atom is -0.382 e. The highest BCUT2D eigenvalue weighted by Gasteiger charge is 2.29. The molecule has 0 bridgehead atoms. The van der Waals surface area contributed by atoms with Crippen LogP contribution in [0, 0.1) is 18.7 Å². The van der Waals surface area contributed by atoms with Crippen molar-refractivity contribution in [3.8, 4) is 0 Å². The molecule has 0 aromatic heterocycles. The van der Waals surface area contributed by atoms with E-state index in [9.17, 15) is 4.39 Å². The van der Waals surface area contributed by atoms with E-state index in [1.54, 1.807) is 6.92 Å². The van der Waals surface area contributed by atoms with Gasteiger partial charge in [-0.1, -0.05) is 6.92 Å². The van der Waals surface area contributed by atoms with Crippen LogP contribution in [0.15, 0.2) is 18.2 Å². The lowest BCUT2D eigenvalue weighted by Crippen LogP contribution is -2.20. The summed E-state index contributed by atoms with van der Waals surface area (Å²) < 4.78 is 13.1. The first-order valence-corrected chi connectivity index (χ1v) is 5.73. The van der Waals surface area contributed by atoms with Crippen molar-refractivity contribution in [1.29, 1.82) is 0 Å². The van der Waals surface area contributed by atoms with E-state index >= 15 is 0 Å². The van der Waals surface area contributed by atoms with Crippen molar-refractivity contribution in [2.24, 2.45) is 5.92 Å². The van der Waals surface area contributed by atoms with Gasteiger partial charge in [0.1, 0.15) is 5.82 Å². The fourth-order valence-electron chi connectivity index (χ4n) is 2.00. The molecule has 1 aliphatic rings. The van der Waals surface area contributed by atoms with Gasteiger partial charge in [-0.05, 0) is 55.9 Å². The first kappa shape index (κ1) is 10.5. The second-order valence-electron chi connectivity index (χ2n) is 4.46. The maximum atomic E-state index is 13.1. The summed E-state index contributed by atoms with van der Waals surface area (Å²) in [6.45, 7) is 4.00. The first-order chi connectivity index (χ1) is 7.20. The monoisotopic (exact) mass is 207 g/mol. The Morgan fingerprint density at radius 3 is 2.73 bits per heavy atom. The zero-order chi connectivity index (χ0) is 10.8. The van der Waals surface area contributed by atoms with Gasteiger partial charge < -0.3 is 5.32 Å². The lowest BCUT2D eigenvalue weighted by molar-refractivity contribution is 0.610. The van der Waals surface area contributed by atoms with Crippen molar-refractivity contribution >= 4 is 5.69 Å². The summed E-state index contributed by atoms with van der Waals surface area (Å²) in [5, 5.41) is 3.49. The van der Waals surface area contributed by atoms with Crippen molar-refractivity contribution in [1.82, 2.24) is 0 Å². The number of hydrogen-bond donors (Lipinski definition) is 1. The molecule has 1 unspecified atom stereocenters. The van der Waals surface area contributed by atoms with Crippen molar-refractivity contribution in [2.75, 3.05) is 5.32 Å². The number of anilines is 1. The van der Waals surface area contributed by atoms with Crippen LogP contribution in [0.2, 0.25) is 0 Å². The Labute approximate surface area is 90.7 Å². The molecule has 1 fully saturated rings. The molecule has 1 aromatic carbocycles. The molecule has 1 N–H and O–H groups in total. The third kappa shape index (κ3) is 2.49. The highest BCUT2D eigenvalue weighted by atomic mass is 19.1. The predicted octanol–water partition coefficient (Wildman–Crippen LogP) is 3.73. The van der Waals surface area contributed by atoms with Gasteiger partial charge in [-0.25, -0.2) is 4.39 Å². The van der Waals surface area contributed by atoms with Gasteiger partial charge >= 0.3 is 0 Å². The van der Waals surface area contributed by atoms with Crippen LogP contribution < -0.4 is 5.32 Å². The standard InChI is InChI=1S/C13H18FN/c1-3-13(10-4-5-10)15-11-6-7-12(14)9(2)8-11/h6-8,10,13,15H,3-5H2,1-2H3. The number of rotatable bonds is 4. The maximum Gasteiger partial charge on any atom is 0.126 e. The number of halogens is 1. The second-order valence-corrected chi connectivity index (χ2v) is 4.46. The Kier molecular flexibility index (Phi) is 2.94. The number of aryl methyl sites for hydroxylation is 1. The molecule has 1 atom stereocenters. The SMILES string of the molecule is CCC(Nc1ccc(F)c(C)c1)C1CC1. The average molecular weight is 207 g/mol. The summed E-state index contributed by atoms with van der Waals surface area (Å²) in [4.78, 5) is 0. The first-order valence-electron chi connectivity index (χ1n) is 5.73. The summed E-state index contributed by atoms with van der Waals surface area (Å²) in [6.07, 6.45) is 3.82. The van der Waals surface area contributed by atoms with E-state index in [4.69, 9.17) is 0 Å². The van der Waals surface area contributed by atoms with Gasteiger partial charge in [0.25, 0.3) is 0 Å². The molecule has 0 radical (unpaired) electrons. The molecule has 0 aliphatic heterocycles. The molecule has 82 valence electrons. The number of hydrogen-bond acceptors (Lipinski definition) is 1. The molecule has 0 heterocycles. The molecule has 0 saturated heterocycles. The van der Waals surface area contributed by atoms with Gasteiger partial charge in [0, 0.05) is 11.7 Å². The lowest BCUT2D eigenvalue weighted by Gasteiger charge is -2.18. The van der Waals surface area contributed by atoms with E-state index in [0.717, 1.165) is 18.0 Å². The molecular formula is C13H18FN. The Morgan fingerprint density at radius 1 is 1.47 bits per heavy atom. The van der Waals surface area contributed by atoms with E-state index in [0.29, 0.717) is 11.6 Å². The van der Waals surface area contributed by atoms with Gasteiger partial charge in [0.15, 0.2) is 0 Å². The fourth-order valence-corrected chi connectivity index (χ4v) is 2.00. The molecule has 0 amide bonds. The maximum absolute atomic E-state index is 13.1. The predicted molar refractivity (Wildman–Crippen MR) is 61.6 cm³/mol. The zero-order valence-corrected chi connectivity index (χ0v) is 9.39. The molecule has 0 spiro atoms. The topological polar surface area (TPSA) is 12.0 Å². The van der Waals surface area contributed by atoms with Crippen LogP contribution in [0.5, 0.6) is 0 Å². The fraction of sp³-hybridized carbons (Fsp3) is 0.538. The zero-order valence-electron chi connectivity index (χ0n) is 9.39. The summed E-state index contributed by atoms with van der Waals surface area (Å²) in [7, 11) is 0. The number of benzene rings is 1. The summed E-state index contributed by atoms with van der Waals surface area (Å²) in [5.74, 6) is 0.709. The Bertz CT molecular complexity index is 344. The van der Waals surface area contributed by atoms with Crippen LogP contribution in [0.1, 0.15) is 31.7 Å². The van der Waals surface area contributed by atoms with E-state index in [1.165, 1.54) is 18.9 Å². The third-order valence-electron chi connectivity index (χ3n) is 3.14. The third-order valence-corrected chi connectivity index (χ3v) is 3.14. The normalized spacial score (nSPS) is 17.5. The van der Waals surface area contributed by atoms with Gasteiger partial charge in [-0.2, -0.15) is 0 Å². The van der Waals surface area contributed by atoms with E-state index < -0.39 is 0 Å². The average Bonchev–Trinajstić information content (AvgIpc) is 3.03. The van der Waals surface area contributed by atoms with Crippen molar-refractivity contribution in [3.63, 3.8) is 0 Å². The minimum absolute atomic E-state index is 0.125. The van der Waals surface area contributed by atoms with Crippen LogP contribution in [0.3, 0.4) is 0 Å². The van der Waals surface area contributed by atoms with Gasteiger partial charge in [0.2, 0.25) is 0 Å². The Morgan fingerprint density at radius 2 is 2.20 bits per heavy atom. The van der Waals surface area contributed by atoms with E-state index in [1.807, 2.05) is 12.1 Å². The molecule has 2 heteroatoms. The molecule has 1 saturated carbocycles. The van der Waals surface area contributed by atoms with Crippen molar-refractivity contribution < 1.29 is 4.39 Å². The molecule has 1 nitrogen and oxygen atoms in total. The van der Waals surface area contributed by atoms with Crippen molar-refractivity contribution in [2.45, 2.75) is 39.2 Å². The summed E-state index contributed by atoms with van der Waals surface area (Å²) >= 11 is 0. The second kappa shape index (κ2) is 4.21. The van der Waals surface area contributed by atoms with Crippen LogP contribution in [-0.2, 0) is 0 Å². The van der Waals surface area contributed by atoms with E-state index in [-0.39, 0.29) is 5.82 Å². The summed E-state index contributed by atoms with van der Waals surface area (Å²) in [6, 6.07) is 5.82. The van der Waals surface area contributed by atoms with E-state index in [2.05, 4.69) is 12.2 Å². The van der Waals surface area contributed by atoms with Gasteiger partial charge in [-0.3, -0.25) is 0 Å². The van der Waals surface area contributed by atoms with Crippen LogP contribution >= 0.6 is 0 Å². The Hall–Kier alpha value is -1.05. The van der Waals surface area contributed by atoms with Crippen molar-refractivity contribution in [3.05, 3.63) is 29.6 Å². The molecule has 1 aromatic rings. The minimum atomic E-state index is -0.125. The summed E-state index contributed by atoms with van der Waals surface area (Å²) in [5.41, 5.74) is 1.76.